The van der Waals surface area contributed by atoms with Crippen molar-refractivity contribution >= 4 is 11.9 Å². The van der Waals surface area contributed by atoms with Crippen LogP contribution in [0.3, 0.4) is 0 Å². The first-order valence-electron chi connectivity index (χ1n) is 10.3. The van der Waals surface area contributed by atoms with Crippen LogP contribution in [-0.4, -0.2) is 32.4 Å². The van der Waals surface area contributed by atoms with Gasteiger partial charge in [0.1, 0.15) is 0 Å². The third-order valence-corrected chi connectivity index (χ3v) is 6.61. The molecule has 6 nitrogen and oxygen atoms in total. The molecule has 0 unspecified atom stereocenters. The Morgan fingerprint density at radius 1 is 0.714 bits per heavy atom. The lowest BCUT2D eigenvalue weighted by molar-refractivity contribution is -0.144. The van der Waals surface area contributed by atoms with Crippen molar-refractivity contribution in [1.29, 1.82) is 0 Å². The monoisotopic (exact) mass is 390 g/mol. The lowest BCUT2D eigenvalue weighted by Gasteiger charge is -2.14. The molecule has 0 saturated heterocycles. The molecule has 2 fully saturated rings. The summed E-state index contributed by atoms with van der Waals surface area (Å²) in [5.41, 5.74) is 0.968. The highest BCUT2D eigenvalue weighted by atomic mass is 16.4. The molecule has 2 saturated carbocycles. The predicted molar refractivity (Wildman–Crippen MR) is 103 cm³/mol. The van der Waals surface area contributed by atoms with Gasteiger partial charge in [0.05, 0.1) is 10.8 Å². The topological polar surface area (TPSA) is 115 Å². The molecule has 154 valence electrons. The van der Waals surface area contributed by atoms with E-state index in [4.69, 9.17) is 0 Å². The summed E-state index contributed by atoms with van der Waals surface area (Å²) in [4.78, 5) is 22.5. The Bertz CT molecular complexity index is 683. The van der Waals surface area contributed by atoms with Crippen molar-refractivity contribution in [2.24, 2.45) is 10.8 Å². The van der Waals surface area contributed by atoms with Crippen LogP contribution in [0.5, 0.6) is 11.5 Å². The molecule has 0 spiro atoms. The first kappa shape index (κ1) is 20.5. The van der Waals surface area contributed by atoms with Crippen molar-refractivity contribution in [2.45, 2.75) is 77.0 Å². The van der Waals surface area contributed by atoms with E-state index < -0.39 is 22.8 Å². The van der Waals surface area contributed by atoms with Crippen LogP contribution in [0.15, 0.2) is 12.1 Å². The third kappa shape index (κ3) is 4.59. The summed E-state index contributed by atoms with van der Waals surface area (Å²) in [6, 6.07) is 3.21. The zero-order valence-corrected chi connectivity index (χ0v) is 16.2. The number of aliphatic carboxylic acids is 2. The number of aromatic hydroxyl groups is 2. The van der Waals surface area contributed by atoms with Crippen LogP contribution >= 0.6 is 0 Å². The second kappa shape index (κ2) is 8.02. The minimum atomic E-state index is -0.690. The third-order valence-electron chi connectivity index (χ3n) is 6.61. The second-order valence-electron chi connectivity index (χ2n) is 8.69. The smallest absolute Gasteiger partial charge is 0.309 e. The van der Waals surface area contributed by atoms with E-state index in [0.717, 1.165) is 75.3 Å². The lowest BCUT2D eigenvalue weighted by atomic mass is 9.92. The van der Waals surface area contributed by atoms with Crippen molar-refractivity contribution < 1.29 is 30.0 Å². The van der Waals surface area contributed by atoms with E-state index in [2.05, 4.69) is 0 Å². The van der Waals surface area contributed by atoms with Crippen molar-refractivity contribution in [2.75, 3.05) is 0 Å². The van der Waals surface area contributed by atoms with Crippen LogP contribution in [0, 0.1) is 10.8 Å². The van der Waals surface area contributed by atoms with Crippen LogP contribution < -0.4 is 0 Å². The molecule has 28 heavy (non-hydrogen) atoms. The summed E-state index contributed by atoms with van der Waals surface area (Å²) in [5, 5.41) is 38.2. The van der Waals surface area contributed by atoms with E-state index in [1.807, 2.05) is 0 Å². The number of phenols is 2. The number of phenolic OH excluding ortho intramolecular Hbond substituents is 2. The molecule has 0 amide bonds. The van der Waals surface area contributed by atoms with Crippen LogP contribution in [0.4, 0.5) is 0 Å². The van der Waals surface area contributed by atoms with Gasteiger partial charge in [-0.1, -0.05) is 12.8 Å². The van der Waals surface area contributed by atoms with Gasteiger partial charge in [-0.25, -0.2) is 0 Å². The zero-order valence-electron chi connectivity index (χ0n) is 16.2. The molecule has 3 rings (SSSR count). The average molecular weight is 390 g/mol. The Labute approximate surface area is 165 Å². The maximum absolute atomic E-state index is 11.3. The summed E-state index contributed by atoms with van der Waals surface area (Å²) in [7, 11) is 0. The normalized spacial score (nSPS) is 18.6. The molecule has 6 heteroatoms. The van der Waals surface area contributed by atoms with Gasteiger partial charge in [-0.15, -0.1) is 0 Å². The van der Waals surface area contributed by atoms with Gasteiger partial charge in [0, 0.05) is 0 Å². The molecule has 2 aliphatic rings. The number of hydrogen-bond donors (Lipinski definition) is 4. The molecular weight excluding hydrogens is 360 g/mol. The first-order valence-corrected chi connectivity index (χ1v) is 10.3. The molecular formula is C22H30O6. The lowest BCUT2D eigenvalue weighted by Crippen LogP contribution is -2.14. The molecule has 4 N–H and O–H groups in total. The average Bonchev–Trinajstić information content (AvgIpc) is 3.54. The van der Waals surface area contributed by atoms with E-state index in [0.29, 0.717) is 12.8 Å². The van der Waals surface area contributed by atoms with Gasteiger partial charge in [-0.3, -0.25) is 9.59 Å². The number of hydrogen-bond acceptors (Lipinski definition) is 4. The number of aryl methyl sites for hydroxylation is 2. The quantitative estimate of drug-likeness (QED) is 0.313. The van der Waals surface area contributed by atoms with Gasteiger partial charge in [0.15, 0.2) is 11.5 Å². The zero-order chi connectivity index (χ0) is 20.4. The highest BCUT2D eigenvalue weighted by molar-refractivity contribution is 5.78. The predicted octanol–water partition coefficient (Wildman–Crippen LogP) is 4.25. The number of benzene rings is 1. The maximum atomic E-state index is 11.3. The summed E-state index contributed by atoms with van der Waals surface area (Å²) < 4.78 is 0. The fourth-order valence-corrected chi connectivity index (χ4v) is 4.13. The molecule has 0 radical (unpaired) electrons. The number of unbranched alkanes of at least 4 members (excludes halogenated alkanes) is 2. The first-order chi connectivity index (χ1) is 13.3. The number of carbonyl (C=O) groups is 2. The van der Waals surface area contributed by atoms with Gasteiger partial charge in [0.25, 0.3) is 0 Å². The fourth-order valence-electron chi connectivity index (χ4n) is 4.13. The molecule has 2 aliphatic carbocycles. The molecule has 0 bridgehead atoms. The Balaban J connectivity index is 1.50. The van der Waals surface area contributed by atoms with E-state index >= 15 is 0 Å². The van der Waals surface area contributed by atoms with Crippen molar-refractivity contribution in [3.63, 3.8) is 0 Å². The largest absolute Gasteiger partial charge is 0.504 e. The highest BCUT2D eigenvalue weighted by Crippen LogP contribution is 2.51. The van der Waals surface area contributed by atoms with Crippen LogP contribution in [0.2, 0.25) is 0 Å². The Hall–Kier alpha value is -2.24. The summed E-state index contributed by atoms with van der Waals surface area (Å²) in [6.07, 6.45) is 9.27. The van der Waals surface area contributed by atoms with E-state index in [-0.39, 0.29) is 11.5 Å². The van der Waals surface area contributed by atoms with Crippen LogP contribution in [0.1, 0.15) is 75.3 Å². The highest BCUT2D eigenvalue weighted by Gasteiger charge is 2.49. The van der Waals surface area contributed by atoms with Gasteiger partial charge in [0.2, 0.25) is 0 Å². The minimum Gasteiger partial charge on any atom is -0.504 e. The maximum Gasteiger partial charge on any atom is 0.309 e. The molecule has 1 aromatic rings. The molecule has 1 aromatic carbocycles. The molecule has 0 atom stereocenters. The van der Waals surface area contributed by atoms with E-state index in [1.54, 1.807) is 12.1 Å². The molecule has 0 aromatic heterocycles. The van der Waals surface area contributed by atoms with E-state index in [1.165, 1.54) is 0 Å². The molecule has 0 heterocycles. The summed E-state index contributed by atoms with van der Waals surface area (Å²) in [6.45, 7) is 0. The Morgan fingerprint density at radius 2 is 1.07 bits per heavy atom. The van der Waals surface area contributed by atoms with Gasteiger partial charge < -0.3 is 20.4 Å². The van der Waals surface area contributed by atoms with Crippen molar-refractivity contribution in [3.8, 4) is 11.5 Å². The van der Waals surface area contributed by atoms with Gasteiger partial charge in [-0.2, -0.15) is 0 Å². The SMILES string of the molecule is O=C(O)C1(CCCCc2cc(O)c(O)cc2CCCCC2(C(=O)O)CC2)CC1. The second-order valence-corrected chi connectivity index (χ2v) is 8.69. The van der Waals surface area contributed by atoms with Crippen LogP contribution in [0.25, 0.3) is 0 Å². The Kier molecular flexibility index (Phi) is 5.87. The van der Waals surface area contributed by atoms with Crippen molar-refractivity contribution in [1.82, 2.24) is 0 Å². The standard InChI is InChI=1S/C22H30O6/c23-17-13-15(5-1-3-7-21(9-10-21)19(25)26)16(14-18(17)24)6-2-4-8-22(11-12-22)20(27)28/h13-14,23-24H,1-12H2,(H,25,26)(H,27,28). The minimum absolute atomic E-state index is 0.134. The van der Waals surface area contributed by atoms with Gasteiger partial charge in [-0.05, 0) is 87.5 Å². The number of carboxylic acid groups (broad SMARTS) is 2. The number of rotatable bonds is 12. The number of carboxylic acids is 2. The summed E-state index contributed by atoms with van der Waals surface area (Å²) >= 11 is 0. The Morgan fingerprint density at radius 3 is 1.36 bits per heavy atom. The van der Waals surface area contributed by atoms with E-state index in [9.17, 15) is 30.0 Å². The van der Waals surface area contributed by atoms with Crippen LogP contribution in [-0.2, 0) is 22.4 Å². The summed E-state index contributed by atoms with van der Waals surface area (Å²) in [5.74, 6) is -1.65. The fraction of sp³-hybridized carbons (Fsp3) is 0.636. The molecule has 0 aliphatic heterocycles. The van der Waals surface area contributed by atoms with Gasteiger partial charge >= 0.3 is 11.9 Å². The van der Waals surface area contributed by atoms with Crippen molar-refractivity contribution in [3.05, 3.63) is 23.3 Å².